The fraction of sp³-hybridized carbons (Fsp3) is 0.727. The predicted octanol–water partition coefficient (Wildman–Crippen LogP) is 3.34. The summed E-state index contributed by atoms with van der Waals surface area (Å²) >= 11 is 0. The zero-order chi connectivity index (χ0) is 19.7. The molecule has 1 aromatic rings. The highest BCUT2D eigenvalue weighted by atomic mass is 16.5. The van der Waals surface area contributed by atoms with Gasteiger partial charge in [0.2, 0.25) is 0 Å². The van der Waals surface area contributed by atoms with Gasteiger partial charge < -0.3 is 20.3 Å². The molecule has 0 spiro atoms. The summed E-state index contributed by atoms with van der Waals surface area (Å²) in [5.41, 5.74) is -0.0196. The van der Waals surface area contributed by atoms with Crippen LogP contribution in [0.15, 0.2) is 29.4 Å². The van der Waals surface area contributed by atoms with Crippen LogP contribution in [0.5, 0.6) is 0 Å². The zero-order valence-electron chi connectivity index (χ0n) is 17.6. The second-order valence-corrected chi connectivity index (χ2v) is 8.11. The van der Waals surface area contributed by atoms with Crippen molar-refractivity contribution in [3.8, 4) is 0 Å². The maximum atomic E-state index is 6.31. The molecular formula is C22H37N5O. The Morgan fingerprint density at radius 3 is 2.68 bits per heavy atom. The average molecular weight is 388 g/mol. The minimum absolute atomic E-state index is 0.0196. The first-order chi connectivity index (χ1) is 13.7. The van der Waals surface area contributed by atoms with E-state index in [0.717, 1.165) is 70.1 Å². The molecule has 0 atom stereocenters. The number of hydrogen-bond acceptors (Lipinski definition) is 4. The molecule has 6 heteroatoms. The Kier molecular flexibility index (Phi) is 7.95. The Hall–Kier alpha value is -1.82. The number of hydrogen-bond donors (Lipinski definition) is 2. The van der Waals surface area contributed by atoms with Crippen LogP contribution in [0.3, 0.4) is 0 Å². The van der Waals surface area contributed by atoms with Crippen LogP contribution in [0.25, 0.3) is 0 Å². The minimum atomic E-state index is -0.0196. The smallest absolute Gasteiger partial charge is 0.191 e. The lowest BCUT2D eigenvalue weighted by atomic mass is 9.84. The molecule has 1 aliphatic carbocycles. The third kappa shape index (κ3) is 5.84. The van der Waals surface area contributed by atoms with Crippen LogP contribution >= 0.6 is 0 Å². The number of piperidine rings is 1. The molecule has 0 aromatic carbocycles. The normalized spacial score (nSPS) is 20.8. The van der Waals surface area contributed by atoms with Crippen molar-refractivity contribution in [2.24, 2.45) is 4.99 Å². The fourth-order valence-corrected chi connectivity index (χ4v) is 4.31. The largest absolute Gasteiger partial charge is 0.373 e. The highest BCUT2D eigenvalue weighted by molar-refractivity contribution is 5.80. The summed E-state index contributed by atoms with van der Waals surface area (Å²) in [6.45, 7) is 5.92. The molecule has 2 heterocycles. The minimum Gasteiger partial charge on any atom is -0.373 e. The van der Waals surface area contributed by atoms with Gasteiger partial charge in [-0.05, 0) is 44.2 Å². The predicted molar refractivity (Wildman–Crippen MR) is 116 cm³/mol. The van der Waals surface area contributed by atoms with Crippen molar-refractivity contribution in [2.45, 2.75) is 69.9 Å². The third-order valence-electron chi connectivity index (χ3n) is 5.99. The molecule has 2 fully saturated rings. The zero-order valence-corrected chi connectivity index (χ0v) is 17.6. The maximum Gasteiger partial charge on any atom is 0.191 e. The van der Waals surface area contributed by atoms with Crippen LogP contribution < -0.4 is 15.5 Å². The number of guanidine groups is 1. The van der Waals surface area contributed by atoms with Crippen molar-refractivity contribution in [3.63, 3.8) is 0 Å². The van der Waals surface area contributed by atoms with Crippen molar-refractivity contribution in [3.05, 3.63) is 24.4 Å². The number of nitrogens with one attached hydrogen (secondary N) is 2. The molecule has 0 bridgehead atoms. The molecule has 6 nitrogen and oxygen atoms in total. The van der Waals surface area contributed by atoms with E-state index in [4.69, 9.17) is 4.74 Å². The average Bonchev–Trinajstić information content (AvgIpc) is 2.77. The van der Waals surface area contributed by atoms with E-state index in [2.05, 4.69) is 44.6 Å². The third-order valence-corrected chi connectivity index (χ3v) is 5.99. The first-order valence-electron chi connectivity index (χ1n) is 11.0. The number of nitrogens with zero attached hydrogens (tertiary/aromatic N) is 3. The molecule has 28 heavy (non-hydrogen) atoms. The van der Waals surface area contributed by atoms with Gasteiger partial charge in [0.05, 0.1) is 5.60 Å². The van der Waals surface area contributed by atoms with Gasteiger partial charge in [0.15, 0.2) is 5.96 Å². The Labute approximate surface area is 170 Å². The molecule has 0 unspecified atom stereocenters. The number of pyridine rings is 1. The van der Waals surface area contributed by atoms with Crippen LogP contribution in [-0.2, 0) is 4.74 Å². The number of aromatic nitrogens is 1. The Bertz CT molecular complexity index is 592. The molecule has 0 radical (unpaired) electrons. The van der Waals surface area contributed by atoms with Crippen molar-refractivity contribution >= 4 is 11.8 Å². The van der Waals surface area contributed by atoms with Gasteiger partial charge in [-0.1, -0.05) is 32.3 Å². The lowest BCUT2D eigenvalue weighted by molar-refractivity contribution is -0.0657. The van der Waals surface area contributed by atoms with E-state index in [1.165, 1.54) is 19.3 Å². The first kappa shape index (κ1) is 20.9. The van der Waals surface area contributed by atoms with E-state index in [9.17, 15) is 0 Å². The molecule has 2 aliphatic rings. The molecule has 0 amide bonds. The van der Waals surface area contributed by atoms with Gasteiger partial charge in [0.25, 0.3) is 0 Å². The van der Waals surface area contributed by atoms with Crippen LogP contribution in [0.2, 0.25) is 0 Å². The summed E-state index contributed by atoms with van der Waals surface area (Å²) in [6, 6.07) is 6.57. The summed E-state index contributed by atoms with van der Waals surface area (Å²) < 4.78 is 6.31. The number of anilines is 1. The summed E-state index contributed by atoms with van der Waals surface area (Å²) in [5, 5.41) is 7.19. The number of aliphatic imine (C=N–C) groups is 1. The van der Waals surface area contributed by atoms with E-state index >= 15 is 0 Å². The summed E-state index contributed by atoms with van der Waals surface area (Å²) in [7, 11) is 1.86. The first-order valence-corrected chi connectivity index (χ1v) is 11.0. The molecule has 2 N–H and O–H groups in total. The highest BCUT2D eigenvalue weighted by Crippen LogP contribution is 2.31. The van der Waals surface area contributed by atoms with E-state index in [1.54, 1.807) is 0 Å². The highest BCUT2D eigenvalue weighted by Gasteiger charge is 2.33. The lowest BCUT2D eigenvalue weighted by Gasteiger charge is -2.38. The SMILES string of the molecule is CCCOC1(CNC(=NC)NC2CCN(c3ccccn3)CC2)CCCCC1. The molecule has 1 saturated heterocycles. The van der Waals surface area contributed by atoms with E-state index in [1.807, 2.05) is 19.3 Å². The molecule has 1 saturated carbocycles. The number of rotatable bonds is 7. The van der Waals surface area contributed by atoms with E-state index < -0.39 is 0 Å². The summed E-state index contributed by atoms with van der Waals surface area (Å²) in [5.74, 6) is 1.98. The van der Waals surface area contributed by atoms with Crippen LogP contribution in [0.4, 0.5) is 5.82 Å². The molecular weight excluding hydrogens is 350 g/mol. The van der Waals surface area contributed by atoms with Crippen molar-refractivity contribution in [2.75, 3.05) is 38.2 Å². The Morgan fingerprint density at radius 1 is 1.25 bits per heavy atom. The lowest BCUT2D eigenvalue weighted by Crippen LogP contribution is -2.53. The second kappa shape index (κ2) is 10.6. The van der Waals surface area contributed by atoms with Crippen molar-refractivity contribution < 1.29 is 4.74 Å². The molecule has 1 aliphatic heterocycles. The van der Waals surface area contributed by atoms with E-state index in [0.29, 0.717) is 6.04 Å². The Morgan fingerprint density at radius 2 is 2.04 bits per heavy atom. The summed E-state index contributed by atoms with van der Waals surface area (Å²) in [4.78, 5) is 11.3. The number of ether oxygens (including phenoxy) is 1. The Balaban J connectivity index is 1.46. The van der Waals surface area contributed by atoms with Crippen LogP contribution in [0, 0.1) is 0 Å². The molecule has 1 aromatic heterocycles. The fourth-order valence-electron chi connectivity index (χ4n) is 4.31. The van der Waals surface area contributed by atoms with Crippen LogP contribution in [0.1, 0.15) is 58.3 Å². The quantitative estimate of drug-likeness (QED) is 0.555. The van der Waals surface area contributed by atoms with Gasteiger partial charge >= 0.3 is 0 Å². The van der Waals surface area contributed by atoms with Gasteiger partial charge in [-0.25, -0.2) is 4.98 Å². The van der Waals surface area contributed by atoms with Gasteiger partial charge in [0, 0.05) is 45.5 Å². The van der Waals surface area contributed by atoms with E-state index in [-0.39, 0.29) is 5.60 Å². The van der Waals surface area contributed by atoms with Gasteiger partial charge in [-0.15, -0.1) is 0 Å². The molecule has 156 valence electrons. The van der Waals surface area contributed by atoms with Gasteiger partial charge in [0.1, 0.15) is 5.82 Å². The van der Waals surface area contributed by atoms with Crippen molar-refractivity contribution in [1.82, 2.24) is 15.6 Å². The summed E-state index contributed by atoms with van der Waals surface area (Å²) in [6.07, 6.45) is 11.3. The monoisotopic (exact) mass is 387 g/mol. The van der Waals surface area contributed by atoms with Gasteiger partial charge in [-0.2, -0.15) is 0 Å². The van der Waals surface area contributed by atoms with Crippen molar-refractivity contribution in [1.29, 1.82) is 0 Å². The van der Waals surface area contributed by atoms with Crippen LogP contribution in [-0.4, -0.2) is 55.9 Å². The maximum absolute atomic E-state index is 6.31. The standard InChI is InChI=1S/C22H37N5O/c1-3-17-28-22(12-6-4-7-13-22)18-25-21(23-2)26-19-10-15-27(16-11-19)20-9-5-8-14-24-20/h5,8-9,14,19H,3-4,6-7,10-13,15-18H2,1-2H3,(H2,23,25,26). The topological polar surface area (TPSA) is 61.8 Å². The second-order valence-electron chi connectivity index (χ2n) is 8.11. The van der Waals surface area contributed by atoms with Gasteiger partial charge in [-0.3, -0.25) is 4.99 Å². The molecule has 3 rings (SSSR count).